The van der Waals surface area contributed by atoms with Gasteiger partial charge in [0.15, 0.2) is 0 Å². The minimum atomic E-state index is -3.70. The van der Waals surface area contributed by atoms with E-state index in [0.29, 0.717) is 84.2 Å². The lowest BCUT2D eigenvalue weighted by atomic mass is 10.0. The van der Waals surface area contributed by atoms with Crippen LogP contribution >= 0.6 is 0 Å². The first-order valence-corrected chi connectivity index (χ1v) is 22.5. The minimum Gasteiger partial charge on any atom is -0.492 e. The van der Waals surface area contributed by atoms with Crippen molar-refractivity contribution in [2.75, 3.05) is 19.9 Å². The Morgan fingerprint density at radius 1 is 1.10 bits per heavy atom. The molecule has 2 saturated carbocycles. The third-order valence-corrected chi connectivity index (χ3v) is 13.4. The van der Waals surface area contributed by atoms with Gasteiger partial charge < -0.3 is 29.7 Å². The lowest BCUT2D eigenvalue weighted by Gasteiger charge is -2.29. The predicted octanol–water partition coefficient (Wildman–Crippen LogP) is 3.74. The quantitative estimate of drug-likeness (QED) is 0.0860. The van der Waals surface area contributed by atoms with Crippen LogP contribution in [0, 0.1) is 11.8 Å². The van der Waals surface area contributed by atoms with E-state index in [4.69, 9.17) is 9.47 Å². The van der Waals surface area contributed by atoms with Gasteiger partial charge in [-0.1, -0.05) is 31.1 Å². The van der Waals surface area contributed by atoms with Crippen LogP contribution in [0.15, 0.2) is 48.8 Å². The van der Waals surface area contributed by atoms with E-state index in [9.17, 15) is 32.7 Å². The Bertz CT molecular complexity index is 1950. The third kappa shape index (κ3) is 11.8. The second kappa shape index (κ2) is 18.8. The van der Waals surface area contributed by atoms with E-state index in [1.54, 1.807) is 31.9 Å². The summed E-state index contributed by atoms with van der Waals surface area (Å²) in [6, 6.07) is 6.94. The number of nitrogens with zero attached hydrogens (tertiary/aromatic N) is 4. The number of hydrogen-bond acceptors (Lipinski definition) is 11. The van der Waals surface area contributed by atoms with E-state index in [-0.39, 0.29) is 29.7 Å². The summed E-state index contributed by atoms with van der Waals surface area (Å²) in [5, 5.41) is 18.8. The Morgan fingerprint density at radius 2 is 1.88 bits per heavy atom. The highest BCUT2D eigenvalue weighted by Gasteiger charge is 2.59. The molecule has 3 heterocycles. The number of hydrogen-bond donors (Lipinski definition) is 4. The number of sulfonamides is 1. The number of carbonyl (C=O) groups excluding carboxylic acids is 4. The zero-order valence-electron chi connectivity index (χ0n) is 34.7. The van der Waals surface area contributed by atoms with Gasteiger partial charge in [-0.2, -0.15) is 5.10 Å². The van der Waals surface area contributed by atoms with Crippen LogP contribution in [0.25, 0.3) is 0 Å². The molecular formula is C42H61N7O9S. The minimum absolute atomic E-state index is 0.00762. The highest BCUT2D eigenvalue weighted by atomic mass is 32.2. The summed E-state index contributed by atoms with van der Waals surface area (Å²) in [6.45, 7) is 9.45. The van der Waals surface area contributed by atoms with Crippen molar-refractivity contribution in [1.29, 1.82) is 0 Å². The van der Waals surface area contributed by atoms with E-state index < -0.39 is 51.2 Å². The molecule has 59 heavy (non-hydrogen) atoms. The first-order chi connectivity index (χ1) is 28.1. The number of aromatic nitrogens is 2. The summed E-state index contributed by atoms with van der Waals surface area (Å²) < 4.78 is 40.1. The molecule has 1 aromatic carbocycles. The maximum atomic E-state index is 14.1. The number of nitrogens with one attached hydrogen (secondary N) is 3. The largest absolute Gasteiger partial charge is 0.492 e. The first kappa shape index (κ1) is 44.1. The van der Waals surface area contributed by atoms with Crippen molar-refractivity contribution in [3.8, 4) is 5.75 Å². The second-order valence-electron chi connectivity index (χ2n) is 17.5. The van der Waals surface area contributed by atoms with Gasteiger partial charge in [-0.3, -0.25) is 29.1 Å². The van der Waals surface area contributed by atoms with Crippen LogP contribution in [0.2, 0.25) is 0 Å². The molecule has 4 amide bonds. The van der Waals surface area contributed by atoms with Crippen molar-refractivity contribution in [2.24, 2.45) is 11.8 Å². The fraction of sp³-hybridized carbons (Fsp3) is 0.643. The molecule has 16 nitrogen and oxygen atoms in total. The number of ether oxygens (including phenoxy) is 2. The number of alkyl carbamates (subject to hydrolysis) is 1. The number of amides is 4. The molecule has 2 aliphatic heterocycles. The highest BCUT2D eigenvalue weighted by Crippen LogP contribution is 2.45. The van der Waals surface area contributed by atoms with Crippen molar-refractivity contribution in [2.45, 2.75) is 140 Å². The number of likely N-dealkylation sites (tertiary alicyclic amines) is 1. The summed E-state index contributed by atoms with van der Waals surface area (Å²) in [5.41, 5.74) is 0.292. The van der Waals surface area contributed by atoms with Crippen LogP contribution in [0.5, 0.6) is 5.75 Å². The molecule has 4 N–H and O–H groups in total. The Morgan fingerprint density at radius 3 is 2.59 bits per heavy atom. The Kier molecular flexibility index (Phi) is 14.1. The molecule has 0 radical (unpaired) electrons. The molecule has 17 heteroatoms. The summed E-state index contributed by atoms with van der Waals surface area (Å²) in [7, 11) is -3.70. The van der Waals surface area contributed by atoms with E-state index >= 15 is 0 Å². The van der Waals surface area contributed by atoms with E-state index in [1.165, 1.54) is 0 Å². The number of aliphatic hydroxyl groups is 1. The topological polar surface area (TPSA) is 201 Å². The Labute approximate surface area is 347 Å². The zero-order valence-corrected chi connectivity index (χ0v) is 35.5. The van der Waals surface area contributed by atoms with Crippen LogP contribution < -0.4 is 20.1 Å². The molecule has 0 spiro atoms. The van der Waals surface area contributed by atoms with Gasteiger partial charge in [0.2, 0.25) is 21.8 Å². The van der Waals surface area contributed by atoms with E-state index in [1.807, 2.05) is 59.1 Å². The molecule has 1 unspecified atom stereocenters. The van der Waals surface area contributed by atoms with Gasteiger partial charge in [-0.15, -0.1) is 0 Å². The summed E-state index contributed by atoms with van der Waals surface area (Å²) in [4.78, 5) is 57.0. The molecule has 6 rings (SSSR count). The molecule has 0 bridgehead atoms. The van der Waals surface area contributed by atoms with Gasteiger partial charge in [0, 0.05) is 50.4 Å². The SMILES string of the molecule is CC1C[C@@H](CC(=O)N2Cc3ccc(OCCn4cccn4)cc3C2)CN1C(=O)[C@H](CCCCC/C=C\[C@@H]1C[C@]1(NCO)C(=O)NS(=O)(=O)C1CC1)NC(=O)OC(C)(C)C. The zero-order chi connectivity index (χ0) is 42.4. The number of unbranched alkanes of at least 4 members (excludes halogenated alkanes) is 3. The third-order valence-electron chi connectivity index (χ3n) is 11.5. The number of benzene rings is 1. The van der Waals surface area contributed by atoms with Crippen LogP contribution in [0.3, 0.4) is 0 Å². The van der Waals surface area contributed by atoms with Gasteiger partial charge in [0.05, 0.1) is 18.5 Å². The maximum absolute atomic E-state index is 14.1. The molecule has 3 fully saturated rings. The van der Waals surface area contributed by atoms with Crippen molar-refractivity contribution >= 4 is 33.8 Å². The van der Waals surface area contributed by atoms with Gasteiger partial charge in [0.1, 0.15) is 29.5 Å². The fourth-order valence-corrected chi connectivity index (χ4v) is 9.51. The Hall–Kier alpha value is -4.48. The normalized spacial score (nSPS) is 23.2. The number of fused-ring (bicyclic) bond motifs is 1. The van der Waals surface area contributed by atoms with E-state index in [2.05, 4.69) is 20.5 Å². The van der Waals surface area contributed by atoms with E-state index in [0.717, 1.165) is 29.7 Å². The number of aliphatic hydroxyl groups excluding tert-OH is 1. The Balaban J connectivity index is 0.957. The monoisotopic (exact) mass is 839 g/mol. The maximum Gasteiger partial charge on any atom is 0.408 e. The lowest BCUT2D eigenvalue weighted by molar-refractivity contribution is -0.135. The standard InChI is InChI=1S/C42H61N7O9S/c1-29-21-30(22-37(51)47-26-31-13-14-34(23-32(31)27-47)57-20-19-48-18-10-17-44-48)25-49(29)38(52)36(45-40(54)58-41(2,3)4)12-9-7-5-6-8-11-33-24-42(33,43-28-50)39(53)46-59(55,56)35-15-16-35/h8,10-11,13-14,17-18,23,29-30,33,35-36,43,50H,5-7,9,12,15-16,19-22,24-28H2,1-4H3,(H,45,54)(H,46,53)/b11-8-/t29?,30-,33+,36-,42+/m0/s1. The van der Waals surface area contributed by atoms with Crippen molar-refractivity contribution in [3.05, 3.63) is 59.9 Å². The molecule has 2 aromatic rings. The van der Waals surface area contributed by atoms with Crippen LogP contribution in [-0.2, 0) is 48.8 Å². The van der Waals surface area contributed by atoms with Crippen molar-refractivity contribution in [1.82, 2.24) is 34.9 Å². The summed E-state index contributed by atoms with van der Waals surface area (Å²) >= 11 is 0. The molecule has 1 aromatic heterocycles. The predicted molar refractivity (Wildman–Crippen MR) is 219 cm³/mol. The van der Waals surface area contributed by atoms with Gasteiger partial charge in [-0.05, 0) is 108 Å². The molecule has 324 valence electrons. The molecular weight excluding hydrogens is 779 g/mol. The second-order valence-corrected chi connectivity index (χ2v) is 19.5. The number of rotatable bonds is 20. The lowest BCUT2D eigenvalue weighted by Crippen LogP contribution is -2.50. The number of carbonyl (C=O) groups is 4. The highest BCUT2D eigenvalue weighted by molar-refractivity contribution is 7.91. The molecule has 1 saturated heterocycles. The number of allylic oxidation sites excluding steroid dienone is 1. The molecule has 4 aliphatic rings. The van der Waals surface area contributed by atoms with Crippen LogP contribution in [0.1, 0.15) is 103 Å². The molecule has 5 atom stereocenters. The average Bonchev–Trinajstić information content (AvgIpc) is 3.98. The van der Waals surface area contributed by atoms with Crippen LogP contribution in [0.4, 0.5) is 4.79 Å². The fourth-order valence-electron chi connectivity index (χ4n) is 8.14. The average molecular weight is 840 g/mol. The van der Waals surface area contributed by atoms with Crippen LogP contribution in [-0.4, -0.2) is 105 Å². The van der Waals surface area contributed by atoms with Crippen molar-refractivity contribution in [3.63, 3.8) is 0 Å². The first-order valence-electron chi connectivity index (χ1n) is 21.0. The summed E-state index contributed by atoms with van der Waals surface area (Å²) in [5.74, 6) is -0.260. The van der Waals surface area contributed by atoms with Gasteiger partial charge in [-0.25, -0.2) is 13.2 Å². The van der Waals surface area contributed by atoms with Gasteiger partial charge in [0.25, 0.3) is 5.91 Å². The molecule has 2 aliphatic carbocycles. The van der Waals surface area contributed by atoms with Gasteiger partial charge >= 0.3 is 6.09 Å². The van der Waals surface area contributed by atoms with Crippen molar-refractivity contribution < 1.29 is 42.2 Å². The summed E-state index contributed by atoms with van der Waals surface area (Å²) in [6.07, 6.45) is 12.7. The smallest absolute Gasteiger partial charge is 0.408 e.